The van der Waals surface area contributed by atoms with E-state index in [9.17, 15) is 8.42 Å². The van der Waals surface area contributed by atoms with Crippen LogP contribution in [0.4, 0.5) is 5.13 Å². The van der Waals surface area contributed by atoms with E-state index >= 15 is 0 Å². The number of nitrogens with zero attached hydrogens (tertiary/aromatic N) is 1. The van der Waals surface area contributed by atoms with Gasteiger partial charge in [0.25, 0.3) is 0 Å². The number of sulfone groups is 1. The molecule has 0 aliphatic carbocycles. The summed E-state index contributed by atoms with van der Waals surface area (Å²) in [6.07, 6.45) is 2.21. The van der Waals surface area contributed by atoms with Gasteiger partial charge < -0.3 is 10.1 Å². The average molecular weight is 359 g/mol. The van der Waals surface area contributed by atoms with Crippen molar-refractivity contribution in [1.29, 1.82) is 0 Å². The fraction of sp³-hybridized carbons (Fsp3) is 0.357. The Bertz CT molecular complexity index is 741. The smallest absolute Gasteiger partial charge is 0.226 e. The second kappa shape index (κ2) is 6.54. The van der Waals surface area contributed by atoms with Gasteiger partial charge in [-0.25, -0.2) is 13.4 Å². The average Bonchev–Trinajstić information content (AvgIpc) is 3.15. The second-order valence-corrected chi connectivity index (χ2v) is 8.40. The topological polar surface area (TPSA) is 68.3 Å². The Hall–Kier alpha value is -1.15. The van der Waals surface area contributed by atoms with Crippen LogP contribution in [0.5, 0.6) is 0 Å². The van der Waals surface area contributed by atoms with Gasteiger partial charge in [0.05, 0.1) is 11.0 Å². The third-order valence-corrected chi connectivity index (χ3v) is 6.52. The molecule has 1 unspecified atom stereocenters. The minimum absolute atomic E-state index is 0.0970. The van der Waals surface area contributed by atoms with E-state index in [0.29, 0.717) is 11.7 Å². The predicted octanol–water partition coefficient (Wildman–Crippen LogP) is 3.22. The molecule has 0 radical (unpaired) electrons. The number of nitrogens with one attached hydrogen (secondary N) is 1. The minimum atomic E-state index is -3.69. The first kappa shape index (κ1) is 15.7. The van der Waals surface area contributed by atoms with E-state index in [2.05, 4.69) is 10.3 Å². The summed E-state index contributed by atoms with van der Waals surface area (Å²) in [5.41, 5.74) is 0. The van der Waals surface area contributed by atoms with E-state index in [-0.39, 0.29) is 20.4 Å². The summed E-state index contributed by atoms with van der Waals surface area (Å²) in [5, 5.41) is 3.50. The standard InChI is InChI=1S/C14H15ClN2O3S2/c15-12-13(22(18,19)11-6-2-1-3-7-11)17-14(21-12)16-9-10-5-4-8-20-10/h1-3,6-7,10H,4-5,8-9H2,(H,16,17). The molecule has 0 amide bonds. The predicted molar refractivity (Wildman–Crippen MR) is 86.5 cm³/mol. The molecular weight excluding hydrogens is 344 g/mol. The summed E-state index contributed by atoms with van der Waals surface area (Å²) in [6, 6.07) is 8.17. The van der Waals surface area contributed by atoms with Crippen molar-refractivity contribution in [2.45, 2.75) is 28.9 Å². The molecule has 2 heterocycles. The summed E-state index contributed by atoms with van der Waals surface area (Å²) in [6.45, 7) is 1.38. The number of rotatable bonds is 5. The summed E-state index contributed by atoms with van der Waals surface area (Å²) >= 11 is 7.21. The molecule has 1 N–H and O–H groups in total. The zero-order valence-corrected chi connectivity index (χ0v) is 14.0. The Morgan fingerprint density at radius 2 is 2.14 bits per heavy atom. The maximum atomic E-state index is 12.5. The first-order valence-electron chi connectivity index (χ1n) is 6.89. The Kier molecular flexibility index (Phi) is 4.67. The molecule has 0 saturated carbocycles. The number of aromatic nitrogens is 1. The van der Waals surface area contributed by atoms with Crippen LogP contribution in [0.25, 0.3) is 0 Å². The van der Waals surface area contributed by atoms with Gasteiger partial charge in [-0.05, 0) is 25.0 Å². The number of hydrogen-bond donors (Lipinski definition) is 1. The molecule has 1 fully saturated rings. The van der Waals surface area contributed by atoms with Crippen LogP contribution in [0.15, 0.2) is 40.3 Å². The lowest BCUT2D eigenvalue weighted by Crippen LogP contribution is -2.18. The zero-order chi connectivity index (χ0) is 15.6. The van der Waals surface area contributed by atoms with E-state index in [1.54, 1.807) is 18.2 Å². The molecule has 1 aromatic heterocycles. The molecule has 1 aliphatic heterocycles. The fourth-order valence-corrected chi connectivity index (χ4v) is 5.08. The number of halogens is 1. The van der Waals surface area contributed by atoms with Crippen LogP contribution in [0.1, 0.15) is 12.8 Å². The Morgan fingerprint density at radius 3 is 2.82 bits per heavy atom. The summed E-state index contributed by atoms with van der Waals surface area (Å²) in [7, 11) is -3.69. The van der Waals surface area contributed by atoms with Crippen molar-refractivity contribution in [2.75, 3.05) is 18.5 Å². The molecule has 8 heteroatoms. The van der Waals surface area contributed by atoms with E-state index in [1.807, 2.05) is 0 Å². The van der Waals surface area contributed by atoms with Crippen LogP contribution < -0.4 is 5.32 Å². The normalized spacial score (nSPS) is 18.5. The number of benzene rings is 1. The van der Waals surface area contributed by atoms with Gasteiger partial charge >= 0.3 is 0 Å². The molecule has 0 spiro atoms. The Balaban J connectivity index is 1.80. The van der Waals surface area contributed by atoms with Crippen LogP contribution in [-0.4, -0.2) is 32.7 Å². The van der Waals surface area contributed by atoms with Crippen molar-refractivity contribution < 1.29 is 13.2 Å². The lowest BCUT2D eigenvalue weighted by Gasteiger charge is -2.09. The van der Waals surface area contributed by atoms with Gasteiger partial charge in [0, 0.05) is 13.2 Å². The number of thiazole rings is 1. The largest absolute Gasteiger partial charge is 0.376 e. The molecule has 118 valence electrons. The minimum Gasteiger partial charge on any atom is -0.376 e. The summed E-state index contributed by atoms with van der Waals surface area (Å²) in [4.78, 5) is 4.34. The van der Waals surface area contributed by atoms with Crippen LogP contribution in [0.3, 0.4) is 0 Å². The summed E-state index contributed by atoms with van der Waals surface area (Å²) in [5.74, 6) is 0. The lowest BCUT2D eigenvalue weighted by molar-refractivity contribution is 0.120. The summed E-state index contributed by atoms with van der Waals surface area (Å²) < 4.78 is 30.7. The van der Waals surface area contributed by atoms with Gasteiger partial charge in [-0.1, -0.05) is 41.1 Å². The molecule has 22 heavy (non-hydrogen) atoms. The van der Waals surface area contributed by atoms with Gasteiger partial charge in [-0.2, -0.15) is 0 Å². The number of anilines is 1. The molecular formula is C14H15ClN2O3S2. The van der Waals surface area contributed by atoms with Crippen molar-refractivity contribution >= 4 is 37.9 Å². The monoisotopic (exact) mass is 358 g/mol. The van der Waals surface area contributed by atoms with Gasteiger partial charge in [0.2, 0.25) is 9.84 Å². The number of ether oxygens (including phenoxy) is 1. The third-order valence-electron chi connectivity index (χ3n) is 3.37. The van der Waals surface area contributed by atoms with E-state index in [0.717, 1.165) is 30.8 Å². The van der Waals surface area contributed by atoms with Crippen LogP contribution in [0, 0.1) is 0 Å². The van der Waals surface area contributed by atoms with Crippen LogP contribution >= 0.6 is 22.9 Å². The molecule has 1 saturated heterocycles. The van der Waals surface area contributed by atoms with Crippen molar-refractivity contribution in [3.05, 3.63) is 34.7 Å². The molecule has 1 aliphatic rings. The quantitative estimate of drug-likeness (QED) is 0.888. The lowest BCUT2D eigenvalue weighted by atomic mass is 10.2. The highest BCUT2D eigenvalue weighted by atomic mass is 35.5. The highest BCUT2D eigenvalue weighted by Crippen LogP contribution is 2.34. The van der Waals surface area contributed by atoms with Gasteiger partial charge in [0.1, 0.15) is 4.34 Å². The second-order valence-electron chi connectivity index (χ2n) is 4.93. The highest BCUT2D eigenvalue weighted by molar-refractivity contribution is 7.91. The zero-order valence-electron chi connectivity index (χ0n) is 11.7. The Labute approximate surface area is 138 Å². The molecule has 5 nitrogen and oxygen atoms in total. The van der Waals surface area contributed by atoms with Gasteiger partial charge in [0.15, 0.2) is 10.2 Å². The van der Waals surface area contributed by atoms with Gasteiger partial charge in [-0.15, -0.1) is 0 Å². The maximum Gasteiger partial charge on any atom is 0.226 e. The third kappa shape index (κ3) is 3.27. The van der Waals surface area contributed by atoms with Gasteiger partial charge in [-0.3, -0.25) is 0 Å². The van der Waals surface area contributed by atoms with Crippen molar-refractivity contribution in [1.82, 2.24) is 4.98 Å². The maximum absolute atomic E-state index is 12.5. The van der Waals surface area contributed by atoms with Crippen LogP contribution in [-0.2, 0) is 14.6 Å². The molecule has 0 bridgehead atoms. The molecule has 1 atom stereocenters. The van der Waals surface area contributed by atoms with E-state index in [1.165, 1.54) is 12.1 Å². The Morgan fingerprint density at radius 1 is 1.36 bits per heavy atom. The molecule has 1 aromatic carbocycles. The first-order valence-corrected chi connectivity index (χ1v) is 9.57. The fourth-order valence-electron chi connectivity index (χ4n) is 2.25. The molecule has 3 rings (SSSR count). The van der Waals surface area contributed by atoms with E-state index in [4.69, 9.17) is 16.3 Å². The van der Waals surface area contributed by atoms with Crippen LogP contribution in [0.2, 0.25) is 4.34 Å². The van der Waals surface area contributed by atoms with Crippen molar-refractivity contribution in [3.8, 4) is 0 Å². The first-order chi connectivity index (χ1) is 10.6. The van der Waals surface area contributed by atoms with Crippen molar-refractivity contribution in [2.24, 2.45) is 0 Å². The van der Waals surface area contributed by atoms with Crippen molar-refractivity contribution in [3.63, 3.8) is 0 Å². The van der Waals surface area contributed by atoms with E-state index < -0.39 is 9.84 Å². The highest BCUT2D eigenvalue weighted by Gasteiger charge is 2.26. The molecule has 2 aromatic rings. The number of hydrogen-bond acceptors (Lipinski definition) is 6. The SMILES string of the molecule is O=S(=O)(c1ccccc1)c1nc(NCC2CCCO2)sc1Cl.